The summed E-state index contributed by atoms with van der Waals surface area (Å²) in [7, 11) is 3.82. The van der Waals surface area contributed by atoms with Crippen LogP contribution in [0.3, 0.4) is 0 Å². The largest absolute Gasteiger partial charge is 0.355 e. The summed E-state index contributed by atoms with van der Waals surface area (Å²) in [5.74, 6) is 0.557. The fourth-order valence-corrected chi connectivity index (χ4v) is 1.88. The topological polar surface area (TPSA) is 39.7 Å². The molecule has 0 aliphatic carbocycles. The summed E-state index contributed by atoms with van der Waals surface area (Å²) in [6, 6.07) is 5.31. The Kier molecular flexibility index (Phi) is 10.3. The van der Waals surface area contributed by atoms with E-state index in [0.29, 0.717) is 5.56 Å². The number of nitrogens with zero attached hydrogens (tertiary/aromatic N) is 2. The third-order valence-corrected chi connectivity index (χ3v) is 3.60. The van der Waals surface area contributed by atoms with Crippen LogP contribution in [-0.2, 0) is 0 Å². The van der Waals surface area contributed by atoms with Crippen LogP contribution in [0.15, 0.2) is 23.2 Å². The van der Waals surface area contributed by atoms with Crippen molar-refractivity contribution in [3.63, 3.8) is 0 Å². The van der Waals surface area contributed by atoms with E-state index in [1.165, 1.54) is 0 Å². The van der Waals surface area contributed by atoms with Crippen LogP contribution < -0.4 is 10.6 Å². The molecular weight excluding hydrogens is 394 g/mol. The second-order valence-corrected chi connectivity index (χ2v) is 5.27. The van der Waals surface area contributed by atoms with Gasteiger partial charge in [-0.05, 0) is 44.6 Å². The Balaban J connectivity index is 0.00000441. The number of hydrogen-bond acceptors (Lipinski definition) is 2. The lowest BCUT2D eigenvalue weighted by Gasteiger charge is -2.20. The maximum absolute atomic E-state index is 13.6. The molecule has 6 heteroatoms. The van der Waals surface area contributed by atoms with Gasteiger partial charge in [0.2, 0.25) is 0 Å². The van der Waals surface area contributed by atoms with E-state index in [1.54, 1.807) is 26.1 Å². The van der Waals surface area contributed by atoms with Crippen molar-refractivity contribution in [2.24, 2.45) is 4.99 Å². The molecule has 1 aromatic rings. The Morgan fingerprint density at radius 3 is 2.64 bits per heavy atom. The molecule has 0 aliphatic heterocycles. The molecule has 1 atom stereocenters. The monoisotopic (exact) mass is 422 g/mol. The third-order valence-electron chi connectivity index (χ3n) is 3.60. The van der Waals surface area contributed by atoms with Crippen LogP contribution >= 0.6 is 24.0 Å². The molecule has 126 valence electrons. The van der Waals surface area contributed by atoms with E-state index in [1.807, 2.05) is 13.0 Å². The van der Waals surface area contributed by atoms with E-state index < -0.39 is 0 Å². The quantitative estimate of drug-likeness (QED) is 0.421. The summed E-state index contributed by atoms with van der Waals surface area (Å²) in [6.07, 6.45) is 0. The second kappa shape index (κ2) is 10.8. The first-order valence-electron chi connectivity index (χ1n) is 7.39. The van der Waals surface area contributed by atoms with Gasteiger partial charge in [-0.1, -0.05) is 19.1 Å². The zero-order valence-corrected chi connectivity index (χ0v) is 16.4. The molecule has 0 spiro atoms. The summed E-state index contributed by atoms with van der Waals surface area (Å²) < 4.78 is 13.6. The Hall–Kier alpha value is -0.890. The van der Waals surface area contributed by atoms with Crippen molar-refractivity contribution < 1.29 is 4.39 Å². The molecule has 0 aliphatic rings. The average molecular weight is 422 g/mol. The number of hydrogen-bond donors (Lipinski definition) is 2. The SMILES string of the molecule is CCN(C)CCNC(=NC)NC(C)c1ccc(C)c(F)c1.I. The smallest absolute Gasteiger partial charge is 0.191 e. The first-order chi connectivity index (χ1) is 9.97. The lowest BCUT2D eigenvalue weighted by Crippen LogP contribution is -2.41. The molecule has 1 unspecified atom stereocenters. The molecule has 0 saturated heterocycles. The van der Waals surface area contributed by atoms with Gasteiger partial charge in [-0.2, -0.15) is 0 Å². The van der Waals surface area contributed by atoms with E-state index in [4.69, 9.17) is 0 Å². The number of likely N-dealkylation sites (N-methyl/N-ethyl adjacent to an activating group) is 1. The lowest BCUT2D eigenvalue weighted by atomic mass is 10.1. The highest BCUT2D eigenvalue weighted by molar-refractivity contribution is 14.0. The van der Waals surface area contributed by atoms with Gasteiger partial charge in [-0.25, -0.2) is 4.39 Å². The van der Waals surface area contributed by atoms with Crippen LogP contribution in [-0.4, -0.2) is 44.6 Å². The Morgan fingerprint density at radius 2 is 2.09 bits per heavy atom. The van der Waals surface area contributed by atoms with Gasteiger partial charge in [0, 0.05) is 20.1 Å². The Labute approximate surface area is 150 Å². The van der Waals surface area contributed by atoms with Crippen molar-refractivity contribution >= 4 is 29.9 Å². The van der Waals surface area contributed by atoms with E-state index in [0.717, 1.165) is 31.2 Å². The van der Waals surface area contributed by atoms with Crippen molar-refractivity contribution in [3.05, 3.63) is 35.1 Å². The highest BCUT2D eigenvalue weighted by atomic mass is 127. The molecular formula is C16H28FIN4. The maximum atomic E-state index is 13.6. The molecule has 0 heterocycles. The number of aryl methyl sites for hydroxylation is 1. The predicted molar refractivity (Wildman–Crippen MR) is 103 cm³/mol. The Bertz CT molecular complexity index is 479. The highest BCUT2D eigenvalue weighted by Crippen LogP contribution is 2.16. The van der Waals surface area contributed by atoms with Gasteiger partial charge in [-0.3, -0.25) is 4.99 Å². The standard InChI is InChI=1S/C16H27FN4.HI/c1-6-21(5)10-9-19-16(18-4)20-13(3)14-8-7-12(2)15(17)11-14;/h7-8,11,13H,6,9-10H2,1-5H3,(H2,18,19,20);1H. The van der Waals surface area contributed by atoms with E-state index in [2.05, 4.69) is 34.5 Å². The number of guanidine groups is 1. The van der Waals surface area contributed by atoms with Gasteiger partial charge >= 0.3 is 0 Å². The molecule has 1 aromatic carbocycles. The summed E-state index contributed by atoms with van der Waals surface area (Å²) in [5, 5.41) is 6.54. The molecule has 0 amide bonds. The number of nitrogens with one attached hydrogen (secondary N) is 2. The zero-order chi connectivity index (χ0) is 15.8. The number of aliphatic imine (C=N–C) groups is 1. The first-order valence-corrected chi connectivity index (χ1v) is 7.39. The summed E-state index contributed by atoms with van der Waals surface area (Å²) in [6.45, 7) is 8.68. The third kappa shape index (κ3) is 6.91. The molecule has 4 nitrogen and oxygen atoms in total. The summed E-state index contributed by atoms with van der Waals surface area (Å²) in [5.41, 5.74) is 1.57. The summed E-state index contributed by atoms with van der Waals surface area (Å²) in [4.78, 5) is 6.42. The van der Waals surface area contributed by atoms with Crippen molar-refractivity contribution in [2.45, 2.75) is 26.8 Å². The van der Waals surface area contributed by atoms with Crippen LogP contribution in [0.2, 0.25) is 0 Å². The van der Waals surface area contributed by atoms with Gasteiger partial charge < -0.3 is 15.5 Å². The molecule has 2 N–H and O–H groups in total. The van der Waals surface area contributed by atoms with E-state index in [-0.39, 0.29) is 35.8 Å². The van der Waals surface area contributed by atoms with E-state index >= 15 is 0 Å². The molecule has 0 radical (unpaired) electrons. The minimum atomic E-state index is -0.173. The van der Waals surface area contributed by atoms with Gasteiger partial charge in [-0.15, -0.1) is 24.0 Å². The molecule has 1 rings (SSSR count). The Morgan fingerprint density at radius 1 is 1.41 bits per heavy atom. The number of halogens is 2. The second-order valence-electron chi connectivity index (χ2n) is 5.27. The van der Waals surface area contributed by atoms with Gasteiger partial charge in [0.1, 0.15) is 5.82 Å². The maximum Gasteiger partial charge on any atom is 0.191 e. The number of rotatable bonds is 6. The van der Waals surface area contributed by atoms with Gasteiger partial charge in [0.15, 0.2) is 5.96 Å². The van der Waals surface area contributed by atoms with Crippen molar-refractivity contribution in [3.8, 4) is 0 Å². The fourth-order valence-electron chi connectivity index (χ4n) is 1.88. The van der Waals surface area contributed by atoms with Crippen molar-refractivity contribution in [1.29, 1.82) is 0 Å². The van der Waals surface area contributed by atoms with Crippen molar-refractivity contribution in [1.82, 2.24) is 15.5 Å². The zero-order valence-electron chi connectivity index (χ0n) is 14.1. The normalized spacial score (nSPS) is 12.8. The molecule has 0 saturated carbocycles. The van der Waals surface area contributed by atoms with E-state index in [9.17, 15) is 4.39 Å². The number of benzene rings is 1. The van der Waals surface area contributed by atoms with Crippen LogP contribution in [0.1, 0.15) is 31.0 Å². The van der Waals surface area contributed by atoms with Crippen LogP contribution in [0.5, 0.6) is 0 Å². The van der Waals surface area contributed by atoms with Crippen LogP contribution in [0, 0.1) is 12.7 Å². The average Bonchev–Trinajstić information content (AvgIpc) is 2.48. The van der Waals surface area contributed by atoms with Gasteiger partial charge in [0.25, 0.3) is 0 Å². The predicted octanol–water partition coefficient (Wildman–Crippen LogP) is 2.93. The first kappa shape index (κ1) is 21.1. The fraction of sp³-hybridized carbons (Fsp3) is 0.562. The minimum Gasteiger partial charge on any atom is -0.355 e. The lowest BCUT2D eigenvalue weighted by molar-refractivity contribution is 0.357. The van der Waals surface area contributed by atoms with Crippen molar-refractivity contribution in [2.75, 3.05) is 33.7 Å². The molecule has 0 bridgehead atoms. The van der Waals surface area contributed by atoms with Crippen LogP contribution in [0.25, 0.3) is 0 Å². The highest BCUT2D eigenvalue weighted by Gasteiger charge is 2.09. The van der Waals surface area contributed by atoms with Gasteiger partial charge in [0.05, 0.1) is 6.04 Å². The molecule has 22 heavy (non-hydrogen) atoms. The summed E-state index contributed by atoms with van der Waals surface area (Å²) >= 11 is 0. The molecule has 0 fully saturated rings. The van der Waals surface area contributed by atoms with Crippen LogP contribution in [0.4, 0.5) is 4.39 Å². The molecule has 0 aromatic heterocycles. The minimum absolute atomic E-state index is 0.